The minimum atomic E-state index is -0.446. The number of carbonyl (C=O) groups is 1. The largest absolute Gasteiger partial charge is 0.459 e. The van der Waals surface area contributed by atoms with Gasteiger partial charge in [-0.2, -0.15) is 0 Å². The van der Waals surface area contributed by atoms with Crippen LogP contribution in [-0.2, 0) is 9.53 Å². The topological polar surface area (TPSA) is 84.6 Å². The number of benzene rings is 1. The molecular weight excluding hydrogens is 378 g/mol. The van der Waals surface area contributed by atoms with Crippen molar-refractivity contribution in [2.24, 2.45) is 0 Å². The number of hydrogen-bond donors (Lipinski definition) is 1. The summed E-state index contributed by atoms with van der Waals surface area (Å²) >= 11 is 5.93. The molecule has 0 amide bonds. The van der Waals surface area contributed by atoms with E-state index in [1.165, 1.54) is 0 Å². The van der Waals surface area contributed by atoms with Crippen LogP contribution in [0.2, 0.25) is 5.15 Å². The van der Waals surface area contributed by atoms with Gasteiger partial charge in [-0.25, -0.2) is 0 Å². The molecule has 1 aliphatic rings. The van der Waals surface area contributed by atoms with Crippen LogP contribution in [0.5, 0.6) is 0 Å². The molecule has 1 aromatic heterocycles. The molecule has 2 N–H and O–H groups in total. The second-order valence-electron chi connectivity index (χ2n) is 7.86. The van der Waals surface area contributed by atoms with Crippen molar-refractivity contribution in [1.29, 1.82) is 0 Å². The Hall–Kier alpha value is -2.38. The van der Waals surface area contributed by atoms with Crippen molar-refractivity contribution in [3.63, 3.8) is 0 Å². The molecule has 8 heteroatoms. The highest BCUT2D eigenvalue weighted by Gasteiger charge is 2.22. The smallest absolute Gasteiger partial charge is 0.320 e. The Labute approximate surface area is 170 Å². The van der Waals surface area contributed by atoms with Gasteiger partial charge in [0.25, 0.3) is 0 Å². The fourth-order valence-electron chi connectivity index (χ4n) is 3.18. The van der Waals surface area contributed by atoms with Crippen molar-refractivity contribution >= 4 is 29.1 Å². The highest BCUT2D eigenvalue weighted by molar-refractivity contribution is 6.29. The van der Waals surface area contributed by atoms with Gasteiger partial charge in [0.15, 0.2) is 11.0 Å². The summed E-state index contributed by atoms with van der Waals surface area (Å²) in [4.78, 5) is 16.4. The minimum Gasteiger partial charge on any atom is -0.459 e. The third-order valence-electron chi connectivity index (χ3n) is 4.48. The van der Waals surface area contributed by atoms with Crippen LogP contribution in [0.15, 0.2) is 30.3 Å². The molecule has 0 aliphatic carbocycles. The van der Waals surface area contributed by atoms with Gasteiger partial charge in [0.1, 0.15) is 5.60 Å². The Bertz CT molecular complexity index is 827. The molecule has 0 spiro atoms. The van der Waals surface area contributed by atoms with Crippen LogP contribution in [0.1, 0.15) is 20.8 Å². The zero-order chi connectivity index (χ0) is 20.3. The number of esters is 1. The molecule has 1 saturated heterocycles. The number of rotatable bonds is 4. The van der Waals surface area contributed by atoms with E-state index in [9.17, 15) is 4.79 Å². The molecule has 0 saturated carbocycles. The summed E-state index contributed by atoms with van der Waals surface area (Å²) in [6.45, 7) is 9.33. The fraction of sp³-hybridized carbons (Fsp3) is 0.450. The maximum atomic E-state index is 12.0. The van der Waals surface area contributed by atoms with E-state index < -0.39 is 5.60 Å². The van der Waals surface area contributed by atoms with Gasteiger partial charge in [-0.05, 0) is 44.5 Å². The van der Waals surface area contributed by atoms with Gasteiger partial charge in [-0.15, -0.1) is 10.2 Å². The van der Waals surface area contributed by atoms with Gasteiger partial charge in [-0.1, -0.05) is 23.7 Å². The van der Waals surface area contributed by atoms with Crippen LogP contribution < -0.4 is 10.6 Å². The molecule has 2 aromatic rings. The maximum absolute atomic E-state index is 12.0. The van der Waals surface area contributed by atoms with E-state index in [4.69, 9.17) is 22.1 Å². The SMILES string of the molecule is CC(C)(C)OC(=O)CN1CCN(c2ccc(-c3cc(Cl)nnc3N)cc2)CC1. The Morgan fingerprint density at radius 1 is 1.14 bits per heavy atom. The number of hydrogen-bond acceptors (Lipinski definition) is 7. The number of ether oxygens (including phenoxy) is 1. The van der Waals surface area contributed by atoms with Crippen LogP contribution >= 0.6 is 11.6 Å². The number of nitrogen functional groups attached to an aromatic ring is 1. The summed E-state index contributed by atoms with van der Waals surface area (Å²) in [5.74, 6) is 0.181. The van der Waals surface area contributed by atoms with Crippen molar-refractivity contribution in [3.8, 4) is 11.1 Å². The number of piperazine rings is 1. The van der Waals surface area contributed by atoms with Crippen molar-refractivity contribution in [2.45, 2.75) is 26.4 Å². The highest BCUT2D eigenvalue weighted by Crippen LogP contribution is 2.28. The first-order chi connectivity index (χ1) is 13.2. The summed E-state index contributed by atoms with van der Waals surface area (Å²) in [7, 11) is 0. The lowest BCUT2D eigenvalue weighted by atomic mass is 10.1. The number of nitrogens with zero attached hydrogens (tertiary/aromatic N) is 4. The second kappa shape index (κ2) is 8.32. The van der Waals surface area contributed by atoms with E-state index in [0.29, 0.717) is 17.5 Å². The van der Waals surface area contributed by atoms with Crippen LogP contribution in [-0.4, -0.2) is 59.4 Å². The Morgan fingerprint density at radius 2 is 1.79 bits per heavy atom. The van der Waals surface area contributed by atoms with E-state index in [1.807, 2.05) is 32.9 Å². The van der Waals surface area contributed by atoms with Crippen LogP contribution in [0.4, 0.5) is 11.5 Å². The van der Waals surface area contributed by atoms with E-state index >= 15 is 0 Å². The number of halogens is 1. The molecule has 0 bridgehead atoms. The lowest BCUT2D eigenvalue weighted by Gasteiger charge is -2.36. The van der Waals surface area contributed by atoms with E-state index in [0.717, 1.165) is 43.0 Å². The van der Waals surface area contributed by atoms with Gasteiger partial charge in [0, 0.05) is 37.4 Å². The standard InChI is InChI=1S/C20H26ClN5O2/c1-20(2,3)28-18(27)13-25-8-10-26(11-9-25)15-6-4-14(5-7-15)16-12-17(21)23-24-19(16)22/h4-7,12H,8-11,13H2,1-3H3,(H2,22,24). The van der Waals surface area contributed by atoms with Gasteiger partial charge in [-0.3, -0.25) is 9.69 Å². The molecule has 3 rings (SSSR count). The van der Waals surface area contributed by atoms with Gasteiger partial charge in [0.2, 0.25) is 0 Å². The van der Waals surface area contributed by atoms with Gasteiger partial charge >= 0.3 is 5.97 Å². The molecule has 1 aromatic carbocycles. The first-order valence-electron chi connectivity index (χ1n) is 9.29. The van der Waals surface area contributed by atoms with Crippen LogP contribution in [0.3, 0.4) is 0 Å². The monoisotopic (exact) mass is 403 g/mol. The van der Waals surface area contributed by atoms with Crippen molar-refractivity contribution in [1.82, 2.24) is 15.1 Å². The lowest BCUT2D eigenvalue weighted by Crippen LogP contribution is -2.48. The quantitative estimate of drug-likeness (QED) is 0.785. The summed E-state index contributed by atoms with van der Waals surface area (Å²) < 4.78 is 5.40. The molecule has 1 fully saturated rings. The molecule has 28 heavy (non-hydrogen) atoms. The molecule has 1 aliphatic heterocycles. The van der Waals surface area contributed by atoms with E-state index in [-0.39, 0.29) is 5.97 Å². The third-order valence-corrected chi connectivity index (χ3v) is 4.67. The highest BCUT2D eigenvalue weighted by atomic mass is 35.5. The molecule has 0 atom stereocenters. The fourth-order valence-corrected chi connectivity index (χ4v) is 3.33. The summed E-state index contributed by atoms with van der Waals surface area (Å²) in [6, 6.07) is 9.85. The predicted molar refractivity (Wildman–Crippen MR) is 111 cm³/mol. The average Bonchev–Trinajstić information content (AvgIpc) is 2.63. The van der Waals surface area contributed by atoms with Crippen molar-refractivity contribution < 1.29 is 9.53 Å². The average molecular weight is 404 g/mol. The number of anilines is 2. The summed E-state index contributed by atoms with van der Waals surface area (Å²) in [6.07, 6.45) is 0. The lowest BCUT2D eigenvalue weighted by molar-refractivity contribution is -0.156. The van der Waals surface area contributed by atoms with Crippen molar-refractivity contribution in [3.05, 3.63) is 35.5 Å². The molecule has 0 unspecified atom stereocenters. The predicted octanol–water partition coefficient (Wildman–Crippen LogP) is 2.84. The summed E-state index contributed by atoms with van der Waals surface area (Å²) in [5, 5.41) is 7.93. The molecule has 7 nitrogen and oxygen atoms in total. The third kappa shape index (κ3) is 5.33. The number of carbonyl (C=O) groups excluding carboxylic acids is 1. The van der Waals surface area contributed by atoms with Crippen molar-refractivity contribution in [2.75, 3.05) is 43.4 Å². The Morgan fingerprint density at radius 3 is 2.39 bits per heavy atom. The van der Waals surface area contributed by atoms with Crippen LogP contribution in [0, 0.1) is 0 Å². The molecule has 0 radical (unpaired) electrons. The number of aromatic nitrogens is 2. The van der Waals surface area contributed by atoms with Gasteiger partial charge < -0.3 is 15.4 Å². The van der Waals surface area contributed by atoms with E-state index in [2.05, 4.69) is 32.1 Å². The first-order valence-corrected chi connectivity index (χ1v) is 9.67. The second-order valence-corrected chi connectivity index (χ2v) is 8.25. The zero-order valence-electron chi connectivity index (χ0n) is 16.5. The molecule has 150 valence electrons. The van der Waals surface area contributed by atoms with Crippen LogP contribution in [0.25, 0.3) is 11.1 Å². The maximum Gasteiger partial charge on any atom is 0.320 e. The molecular formula is C20H26ClN5O2. The number of nitrogens with two attached hydrogens (primary N) is 1. The normalized spacial score (nSPS) is 15.5. The Kier molecular flexibility index (Phi) is 6.05. The minimum absolute atomic E-state index is 0.174. The Balaban J connectivity index is 1.58. The summed E-state index contributed by atoms with van der Waals surface area (Å²) in [5.41, 5.74) is 8.31. The molecule has 2 heterocycles. The first kappa shape index (κ1) is 20.4. The van der Waals surface area contributed by atoms with Gasteiger partial charge in [0.05, 0.1) is 6.54 Å². The van der Waals surface area contributed by atoms with E-state index in [1.54, 1.807) is 6.07 Å². The zero-order valence-corrected chi connectivity index (χ0v) is 17.2.